The molecule has 0 aromatic carbocycles. The summed E-state index contributed by atoms with van der Waals surface area (Å²) in [7, 11) is -1.68. The number of nitrogens with zero attached hydrogens (tertiary/aromatic N) is 2. The number of aromatic nitrogens is 1. The van der Waals surface area contributed by atoms with Gasteiger partial charge in [0, 0.05) is 38.3 Å². The van der Waals surface area contributed by atoms with E-state index in [4.69, 9.17) is 4.74 Å². The van der Waals surface area contributed by atoms with E-state index < -0.39 is 15.6 Å². The van der Waals surface area contributed by atoms with Gasteiger partial charge in [0.15, 0.2) is 5.13 Å². The Morgan fingerprint density at radius 3 is 2.72 bits per heavy atom. The third-order valence-electron chi connectivity index (χ3n) is 4.24. The fourth-order valence-electron chi connectivity index (χ4n) is 2.87. The van der Waals surface area contributed by atoms with Crippen molar-refractivity contribution in [1.29, 1.82) is 0 Å². The number of methoxy groups -OCH3 is 1. The van der Waals surface area contributed by atoms with E-state index in [-0.39, 0.29) is 11.7 Å². The molecule has 1 aromatic heterocycles. The van der Waals surface area contributed by atoms with Crippen LogP contribution in [-0.2, 0) is 19.6 Å². The smallest absolute Gasteiger partial charge is 0.245 e. The lowest BCUT2D eigenvalue weighted by atomic mass is 9.87. The Kier molecular flexibility index (Phi) is 7.17. The zero-order chi connectivity index (χ0) is 18.3. The summed E-state index contributed by atoms with van der Waals surface area (Å²) in [5.41, 5.74) is -0.857. The van der Waals surface area contributed by atoms with Crippen LogP contribution in [0.15, 0.2) is 11.6 Å². The molecule has 1 aliphatic heterocycles. The summed E-state index contributed by atoms with van der Waals surface area (Å²) in [5, 5.41) is 8.60. The molecule has 0 spiro atoms. The molecule has 1 aliphatic rings. The first-order chi connectivity index (χ1) is 11.9. The van der Waals surface area contributed by atoms with Crippen LogP contribution in [0, 0.1) is 0 Å². The number of piperidine rings is 1. The molecule has 142 valence electrons. The van der Waals surface area contributed by atoms with Crippen LogP contribution in [0.3, 0.4) is 0 Å². The van der Waals surface area contributed by atoms with Crippen LogP contribution >= 0.6 is 11.3 Å². The van der Waals surface area contributed by atoms with Gasteiger partial charge in [0.1, 0.15) is 5.54 Å². The number of sulfonamides is 1. The Morgan fingerprint density at radius 1 is 1.44 bits per heavy atom. The van der Waals surface area contributed by atoms with Crippen molar-refractivity contribution in [3.8, 4) is 0 Å². The number of nitrogens with one attached hydrogen (secondary N) is 2. The normalized spacial score (nSPS) is 18.0. The number of hydrogen-bond acceptors (Lipinski definition) is 7. The van der Waals surface area contributed by atoms with E-state index in [1.807, 2.05) is 12.3 Å². The molecule has 2 rings (SSSR count). The number of anilines is 1. The Morgan fingerprint density at radius 2 is 2.16 bits per heavy atom. The van der Waals surface area contributed by atoms with Gasteiger partial charge in [-0.3, -0.25) is 4.79 Å². The van der Waals surface area contributed by atoms with Crippen molar-refractivity contribution in [2.75, 3.05) is 44.4 Å². The quantitative estimate of drug-likeness (QED) is 0.608. The van der Waals surface area contributed by atoms with Crippen molar-refractivity contribution in [3.05, 3.63) is 11.6 Å². The number of carbonyl (C=O) groups excluding carboxylic acids is 1. The Hall–Kier alpha value is -1.23. The highest BCUT2D eigenvalue weighted by Gasteiger charge is 2.43. The lowest BCUT2D eigenvalue weighted by molar-refractivity contribution is -0.126. The maximum atomic E-state index is 12.8. The highest BCUT2D eigenvalue weighted by atomic mass is 32.2. The monoisotopic (exact) mass is 390 g/mol. The van der Waals surface area contributed by atoms with Gasteiger partial charge in [-0.05, 0) is 19.3 Å². The van der Waals surface area contributed by atoms with Crippen LogP contribution in [0.5, 0.6) is 0 Å². The van der Waals surface area contributed by atoms with Gasteiger partial charge in [-0.15, -0.1) is 11.3 Å². The minimum absolute atomic E-state index is 0.139. The molecular formula is C15H26N4O4S2. The Bertz CT molecular complexity index is 640. The Balaban J connectivity index is 2.10. The molecule has 25 heavy (non-hydrogen) atoms. The van der Waals surface area contributed by atoms with Gasteiger partial charge >= 0.3 is 0 Å². The molecular weight excluding hydrogens is 364 g/mol. The SMILES string of the molecule is CCCS(=O)(=O)N1CCC(Nc2nccs2)(C(=O)NCCOC)CC1. The number of rotatable bonds is 9. The molecule has 1 aromatic rings. The molecule has 2 heterocycles. The number of amides is 1. The maximum absolute atomic E-state index is 12.8. The second-order valence-electron chi connectivity index (χ2n) is 6.01. The molecule has 0 aliphatic carbocycles. The summed E-state index contributed by atoms with van der Waals surface area (Å²) in [6, 6.07) is 0. The van der Waals surface area contributed by atoms with E-state index in [9.17, 15) is 13.2 Å². The van der Waals surface area contributed by atoms with E-state index in [1.54, 1.807) is 13.3 Å². The summed E-state index contributed by atoms with van der Waals surface area (Å²) < 4.78 is 31.0. The van der Waals surface area contributed by atoms with Crippen LogP contribution < -0.4 is 10.6 Å². The van der Waals surface area contributed by atoms with Crippen LogP contribution in [0.25, 0.3) is 0 Å². The van der Waals surface area contributed by atoms with Gasteiger partial charge in [0.05, 0.1) is 12.4 Å². The van der Waals surface area contributed by atoms with Crippen molar-refractivity contribution in [3.63, 3.8) is 0 Å². The summed E-state index contributed by atoms with van der Waals surface area (Å²) in [5.74, 6) is -0.00719. The van der Waals surface area contributed by atoms with Crippen LogP contribution in [0.4, 0.5) is 5.13 Å². The van der Waals surface area contributed by atoms with Crippen molar-refractivity contribution < 1.29 is 17.9 Å². The van der Waals surface area contributed by atoms with Crippen molar-refractivity contribution in [1.82, 2.24) is 14.6 Å². The largest absolute Gasteiger partial charge is 0.383 e. The van der Waals surface area contributed by atoms with Gasteiger partial charge in [0.25, 0.3) is 0 Å². The van der Waals surface area contributed by atoms with Gasteiger partial charge in [-0.25, -0.2) is 17.7 Å². The fourth-order valence-corrected chi connectivity index (χ4v) is 5.01. The van der Waals surface area contributed by atoms with Crippen LogP contribution in [-0.4, -0.2) is 68.3 Å². The van der Waals surface area contributed by atoms with Gasteiger partial charge in [0.2, 0.25) is 15.9 Å². The zero-order valence-corrected chi connectivity index (χ0v) is 16.3. The van der Waals surface area contributed by atoms with Crippen LogP contribution in [0.1, 0.15) is 26.2 Å². The lowest BCUT2D eigenvalue weighted by Gasteiger charge is -2.40. The zero-order valence-electron chi connectivity index (χ0n) is 14.7. The van der Waals surface area contributed by atoms with Gasteiger partial charge in [-0.2, -0.15) is 0 Å². The first kappa shape index (κ1) is 20.1. The number of ether oxygens (including phenoxy) is 1. The number of carbonyl (C=O) groups is 1. The minimum Gasteiger partial charge on any atom is -0.383 e. The predicted molar refractivity (Wildman–Crippen MR) is 98.2 cm³/mol. The maximum Gasteiger partial charge on any atom is 0.245 e. The van der Waals surface area contributed by atoms with E-state index in [2.05, 4.69) is 15.6 Å². The van der Waals surface area contributed by atoms with Crippen LogP contribution in [0.2, 0.25) is 0 Å². The van der Waals surface area contributed by atoms with E-state index in [0.29, 0.717) is 50.6 Å². The van der Waals surface area contributed by atoms with Gasteiger partial charge < -0.3 is 15.4 Å². The van der Waals surface area contributed by atoms with Crippen molar-refractivity contribution in [2.24, 2.45) is 0 Å². The van der Waals surface area contributed by atoms with Gasteiger partial charge in [-0.1, -0.05) is 6.92 Å². The average molecular weight is 391 g/mol. The molecule has 0 bridgehead atoms. The molecule has 1 saturated heterocycles. The molecule has 0 atom stereocenters. The summed E-state index contributed by atoms with van der Waals surface area (Å²) in [4.78, 5) is 17.0. The van der Waals surface area contributed by atoms with E-state index >= 15 is 0 Å². The lowest BCUT2D eigenvalue weighted by Crippen LogP contribution is -2.59. The summed E-state index contributed by atoms with van der Waals surface area (Å²) in [6.45, 7) is 3.32. The highest BCUT2D eigenvalue weighted by molar-refractivity contribution is 7.89. The minimum atomic E-state index is -3.25. The molecule has 1 fully saturated rings. The fraction of sp³-hybridized carbons (Fsp3) is 0.733. The molecule has 1 amide bonds. The molecule has 8 nitrogen and oxygen atoms in total. The van der Waals surface area contributed by atoms with Crippen molar-refractivity contribution >= 4 is 32.4 Å². The third-order valence-corrected chi connectivity index (χ3v) is 7.00. The number of hydrogen-bond donors (Lipinski definition) is 2. The first-order valence-electron chi connectivity index (χ1n) is 8.36. The van der Waals surface area contributed by atoms with E-state index in [0.717, 1.165) is 0 Å². The number of thiazole rings is 1. The second-order valence-corrected chi connectivity index (χ2v) is 8.99. The Labute approximate surface area is 153 Å². The topological polar surface area (TPSA) is 101 Å². The average Bonchev–Trinajstić information content (AvgIpc) is 3.08. The second kappa shape index (κ2) is 8.93. The standard InChI is InChI=1S/C15H26N4O4S2/c1-3-12-25(21,22)19-8-4-15(5-9-19,13(20)16-6-10-23-2)18-14-17-7-11-24-14/h7,11H,3-6,8-10,12H2,1-2H3,(H,16,20)(H,17,18). The summed E-state index contributed by atoms with van der Waals surface area (Å²) in [6.07, 6.45) is 3.05. The van der Waals surface area contributed by atoms with Crippen molar-refractivity contribution in [2.45, 2.75) is 31.7 Å². The molecule has 10 heteroatoms. The molecule has 0 radical (unpaired) electrons. The predicted octanol–water partition coefficient (Wildman–Crippen LogP) is 0.892. The van der Waals surface area contributed by atoms with E-state index in [1.165, 1.54) is 15.6 Å². The third kappa shape index (κ3) is 5.13. The molecule has 0 saturated carbocycles. The molecule has 0 unspecified atom stereocenters. The summed E-state index contributed by atoms with van der Waals surface area (Å²) >= 11 is 1.42. The first-order valence-corrected chi connectivity index (χ1v) is 10.8. The molecule has 2 N–H and O–H groups in total. The highest BCUT2D eigenvalue weighted by Crippen LogP contribution is 2.29.